The Hall–Kier alpha value is -4.68. The lowest BCUT2D eigenvalue weighted by Crippen LogP contribution is -2.20. The second kappa shape index (κ2) is 14.8. The Morgan fingerprint density at radius 2 is 1.09 bits per heavy atom. The van der Waals surface area contributed by atoms with Gasteiger partial charge in [0, 0.05) is 17.4 Å². The van der Waals surface area contributed by atoms with Gasteiger partial charge in [0.15, 0.2) is 0 Å². The van der Waals surface area contributed by atoms with Gasteiger partial charge in [0.2, 0.25) is 6.17 Å². The van der Waals surface area contributed by atoms with Gasteiger partial charge in [-0.15, -0.1) is 12.4 Å². The van der Waals surface area contributed by atoms with E-state index >= 15 is 0 Å². The molecule has 0 aliphatic carbocycles. The first kappa shape index (κ1) is 36.8. The molecule has 4 aromatic rings. The third-order valence-corrected chi connectivity index (χ3v) is 8.95. The smallest absolute Gasteiger partial charge is 0.508 e. The van der Waals surface area contributed by atoms with Crippen LogP contribution in [0, 0.1) is 12.7 Å². The predicted molar refractivity (Wildman–Crippen MR) is 179 cm³/mol. The van der Waals surface area contributed by atoms with Crippen molar-refractivity contribution in [3.8, 4) is 11.5 Å². The number of rotatable bonds is 7. The average molecular weight is 685 g/mol. The van der Waals surface area contributed by atoms with Gasteiger partial charge in [-0.2, -0.15) is 8.42 Å². The lowest BCUT2D eigenvalue weighted by atomic mass is 9.78. The number of aromatic hydroxyl groups is 1. The quantitative estimate of drug-likeness (QED) is 0.128. The van der Waals surface area contributed by atoms with E-state index in [0.717, 1.165) is 17.3 Å². The highest BCUT2D eigenvalue weighted by Gasteiger charge is 2.31. The van der Waals surface area contributed by atoms with Gasteiger partial charge in [-0.05, 0) is 53.4 Å². The molecular weight excluding hydrogens is 647 g/mol. The molecule has 0 atom stereocenters. The van der Waals surface area contributed by atoms with Crippen LogP contribution < -0.4 is 4.18 Å². The van der Waals surface area contributed by atoms with Gasteiger partial charge in [0.1, 0.15) is 17.7 Å². The van der Waals surface area contributed by atoms with Gasteiger partial charge >= 0.3 is 20.9 Å². The van der Waals surface area contributed by atoms with E-state index in [0.29, 0.717) is 9.73 Å². The van der Waals surface area contributed by atoms with Crippen molar-refractivity contribution >= 4 is 33.8 Å². The van der Waals surface area contributed by atoms with Crippen LogP contribution in [0.1, 0.15) is 56.9 Å². The maximum Gasteiger partial charge on any atom is 0.536 e. The Morgan fingerprint density at radius 3 is 1.40 bits per heavy atom. The van der Waals surface area contributed by atoms with Gasteiger partial charge in [0.05, 0.1) is 0 Å². The molecule has 250 valence electrons. The van der Waals surface area contributed by atoms with E-state index in [2.05, 4.69) is 62.9 Å². The fourth-order valence-electron chi connectivity index (χ4n) is 4.68. The summed E-state index contributed by atoms with van der Waals surface area (Å²) in [6.45, 7) is 14.7. The molecule has 0 unspecified atom stereocenters. The zero-order chi connectivity index (χ0) is 35.0. The van der Waals surface area contributed by atoms with Crippen molar-refractivity contribution < 1.29 is 42.5 Å². The van der Waals surface area contributed by atoms with Crippen molar-refractivity contribution in [2.45, 2.75) is 45.4 Å². The Labute approximate surface area is 276 Å². The molecule has 1 heterocycles. The molecular formula is C35H38F2N2O6S2. The molecule has 1 aliphatic rings. The van der Waals surface area contributed by atoms with Crippen molar-refractivity contribution in [2.24, 2.45) is 0 Å². The maximum atomic E-state index is 12.4. The molecule has 0 fully saturated rings. The van der Waals surface area contributed by atoms with Gasteiger partial charge in [-0.3, -0.25) is 0 Å². The number of hydrogen-bond donors (Lipinski definition) is 1. The van der Waals surface area contributed by atoms with Crippen LogP contribution in [0.4, 0.5) is 7.77 Å². The summed E-state index contributed by atoms with van der Waals surface area (Å²) in [4.78, 5) is 0. The van der Waals surface area contributed by atoms with Crippen molar-refractivity contribution in [1.29, 1.82) is 0 Å². The van der Waals surface area contributed by atoms with Crippen molar-refractivity contribution in [1.82, 2.24) is 0 Å². The topological polar surface area (TPSA) is 104 Å². The van der Waals surface area contributed by atoms with Crippen molar-refractivity contribution in [3.05, 3.63) is 144 Å². The zero-order valence-electron chi connectivity index (χ0n) is 26.7. The minimum Gasteiger partial charge on any atom is -0.508 e. The van der Waals surface area contributed by atoms with Crippen LogP contribution in [0.3, 0.4) is 0 Å². The van der Waals surface area contributed by atoms with E-state index < -0.39 is 20.9 Å². The molecule has 0 radical (unpaired) electrons. The van der Waals surface area contributed by atoms with E-state index in [9.17, 15) is 29.7 Å². The normalized spacial score (nSPS) is 13.3. The third kappa shape index (κ3) is 10.2. The lowest BCUT2D eigenvalue weighted by molar-refractivity contribution is -0.585. The highest BCUT2D eigenvalue weighted by molar-refractivity contribution is 7.81. The molecule has 4 aromatic carbocycles. The molecule has 0 amide bonds. The third-order valence-electron chi connectivity index (χ3n) is 7.70. The summed E-state index contributed by atoms with van der Waals surface area (Å²) in [5.74, 6) is 0.271. The first-order valence-electron chi connectivity index (χ1n) is 14.3. The Morgan fingerprint density at radius 1 is 0.702 bits per heavy atom. The average Bonchev–Trinajstić information content (AvgIpc) is 3.36. The molecule has 0 saturated carbocycles. The van der Waals surface area contributed by atoms with Crippen LogP contribution in [0.25, 0.3) is 0 Å². The molecule has 1 aliphatic heterocycles. The lowest BCUT2D eigenvalue weighted by Gasteiger charge is -2.26. The monoisotopic (exact) mass is 684 g/mol. The van der Waals surface area contributed by atoms with Gasteiger partial charge < -0.3 is 13.9 Å². The standard InChI is InChI=1S/C15H15FO3S.C15H16O.C5H7FN2O2S/c1-15(2,12-6-4-3-5-7-12)13-8-10-14(11-9-13)19-20(16,17)18;1-15(2,12-6-4-3-5-7-12)13-8-10-14(16)11-9-13;1-5-7(2)3-4-8(5)11(6,9)10/h3-11H,1-2H3;3-11,16H,1-2H3;3-4H,2H2,1H3. The SMILES string of the molecule is C=[N+]1[CH-]C=[N+](S(=O)(=O)F)[C-]1C.CC(C)(c1ccccc1)c1ccc(O)cc1.CC(C)(c1ccccc1)c1ccc(OS(=O)(=O)F)cc1. The molecule has 8 nitrogen and oxygen atoms in total. The molecule has 47 heavy (non-hydrogen) atoms. The first-order valence-corrected chi connectivity index (χ1v) is 17.0. The summed E-state index contributed by atoms with van der Waals surface area (Å²) in [7, 11) is -9.63. The number of benzene rings is 4. The van der Waals surface area contributed by atoms with Crippen molar-refractivity contribution in [2.75, 3.05) is 0 Å². The summed E-state index contributed by atoms with van der Waals surface area (Å²) < 4.78 is 72.1. The van der Waals surface area contributed by atoms with E-state index in [1.807, 2.05) is 48.5 Å². The van der Waals surface area contributed by atoms with Gasteiger partial charge in [-0.25, -0.2) is 0 Å². The molecule has 0 aromatic heterocycles. The summed E-state index contributed by atoms with van der Waals surface area (Å²) in [6, 6.07) is 34.1. The van der Waals surface area contributed by atoms with Crippen LogP contribution >= 0.6 is 0 Å². The van der Waals surface area contributed by atoms with Gasteiger partial charge in [-0.1, -0.05) is 127 Å². The summed E-state index contributed by atoms with van der Waals surface area (Å²) >= 11 is 0. The van der Waals surface area contributed by atoms with Crippen LogP contribution in [0.5, 0.6) is 11.5 Å². The molecule has 0 saturated heterocycles. The minimum absolute atomic E-state index is 0.0328. The van der Waals surface area contributed by atoms with Crippen molar-refractivity contribution in [3.63, 3.8) is 0 Å². The number of phenols is 1. The van der Waals surface area contributed by atoms with Crippen LogP contribution in [-0.2, 0) is 31.7 Å². The number of hydrogen-bond acceptors (Lipinski definition) is 6. The number of halogens is 2. The summed E-state index contributed by atoms with van der Waals surface area (Å²) in [5, 5.41) is 9.29. The Bertz CT molecular complexity index is 1900. The maximum absolute atomic E-state index is 12.4. The summed E-state index contributed by atoms with van der Waals surface area (Å²) in [6.07, 6.45) is 1.31. The molecule has 0 spiro atoms. The van der Waals surface area contributed by atoms with E-state index in [-0.39, 0.29) is 22.7 Å². The number of nitrogens with zero attached hydrogens (tertiary/aromatic N) is 2. The van der Waals surface area contributed by atoms with E-state index in [1.54, 1.807) is 24.3 Å². The zero-order valence-corrected chi connectivity index (χ0v) is 28.3. The molecule has 1 N–H and O–H groups in total. The fraction of sp³-hybridized carbons (Fsp3) is 0.200. The largest absolute Gasteiger partial charge is 0.536 e. The highest BCUT2D eigenvalue weighted by Crippen LogP contribution is 2.33. The first-order chi connectivity index (χ1) is 21.8. The molecule has 5 rings (SSSR count). The van der Waals surface area contributed by atoms with E-state index in [1.165, 1.54) is 41.3 Å². The molecule has 0 bridgehead atoms. The summed E-state index contributed by atoms with van der Waals surface area (Å²) in [5.41, 5.74) is 4.32. The fourth-order valence-corrected chi connectivity index (χ4v) is 5.64. The van der Waals surface area contributed by atoms with Crippen LogP contribution in [0.15, 0.2) is 109 Å². The van der Waals surface area contributed by atoms with Gasteiger partial charge in [0.25, 0.3) is 0 Å². The van der Waals surface area contributed by atoms with Crippen LogP contribution in [-0.4, -0.2) is 43.4 Å². The minimum atomic E-state index is -4.98. The second-order valence-corrected chi connectivity index (χ2v) is 13.8. The predicted octanol–water partition coefficient (Wildman–Crippen LogP) is 7.01. The number of phenolic OH excluding ortho intramolecular Hbond substituents is 1. The molecule has 12 heteroatoms. The van der Waals surface area contributed by atoms with Crippen LogP contribution in [0.2, 0.25) is 0 Å². The highest BCUT2D eigenvalue weighted by atomic mass is 32.3. The second-order valence-electron chi connectivity index (χ2n) is 11.6. The Kier molecular flexibility index (Phi) is 11.6. The van der Waals surface area contributed by atoms with E-state index in [4.69, 9.17) is 0 Å². The Balaban J connectivity index is 0.000000200.